The molecule has 2 atom stereocenters. The average molecular weight is 644 g/mol. The summed E-state index contributed by atoms with van der Waals surface area (Å²) in [5.74, 6) is -0.983. The van der Waals surface area contributed by atoms with Gasteiger partial charge in [0.25, 0.3) is 5.91 Å². The molecule has 3 heterocycles. The molecule has 3 N–H and O–H groups in total. The fourth-order valence-corrected chi connectivity index (χ4v) is 7.32. The second kappa shape index (κ2) is 13.1. The molecule has 1 saturated carbocycles. The molecule has 1 aliphatic heterocycles. The van der Waals surface area contributed by atoms with E-state index in [2.05, 4.69) is 10.4 Å². The molecule has 244 valence electrons. The van der Waals surface area contributed by atoms with Crippen molar-refractivity contribution < 1.29 is 33.7 Å². The summed E-state index contributed by atoms with van der Waals surface area (Å²) in [7, 11) is 1.49. The lowest BCUT2D eigenvalue weighted by molar-refractivity contribution is -0.137. The summed E-state index contributed by atoms with van der Waals surface area (Å²) in [6, 6.07) is 5.78. The van der Waals surface area contributed by atoms with Crippen molar-refractivity contribution in [3.8, 4) is 10.8 Å². The van der Waals surface area contributed by atoms with Gasteiger partial charge in [0, 0.05) is 29.6 Å². The number of fused-ring (bicyclic) bond motifs is 1. The predicted octanol–water partition coefficient (Wildman–Crippen LogP) is 4.29. The van der Waals surface area contributed by atoms with Crippen molar-refractivity contribution in [3.63, 3.8) is 0 Å². The molecule has 0 bridgehead atoms. The van der Waals surface area contributed by atoms with Gasteiger partial charge >= 0.3 is 0 Å². The van der Waals surface area contributed by atoms with Gasteiger partial charge in [0.1, 0.15) is 33.2 Å². The minimum atomic E-state index is -1.57. The van der Waals surface area contributed by atoms with E-state index in [0.29, 0.717) is 58.1 Å². The van der Waals surface area contributed by atoms with Crippen LogP contribution < -0.4 is 15.0 Å². The highest BCUT2D eigenvalue weighted by Crippen LogP contribution is 2.46. The molecule has 0 spiro atoms. The van der Waals surface area contributed by atoms with Gasteiger partial charge in [-0.3, -0.25) is 14.5 Å². The van der Waals surface area contributed by atoms with E-state index >= 15 is 0 Å². The van der Waals surface area contributed by atoms with Gasteiger partial charge in [0.2, 0.25) is 12.3 Å². The highest BCUT2D eigenvalue weighted by molar-refractivity contribution is 7.19. The minimum absolute atomic E-state index is 0.00278. The molecule has 13 heteroatoms. The molecule has 3 aromatic rings. The lowest BCUT2D eigenvalue weighted by atomic mass is 9.94. The Kier molecular flexibility index (Phi) is 9.54. The Morgan fingerprint density at radius 1 is 1.20 bits per heavy atom. The molecule has 2 aliphatic rings. The summed E-state index contributed by atoms with van der Waals surface area (Å²) >= 11 is 1.29. The average Bonchev–Trinajstić information content (AvgIpc) is 3.63. The Morgan fingerprint density at radius 2 is 1.91 bits per heavy atom. The molecule has 0 radical (unpaired) electrons. The predicted molar refractivity (Wildman–Crippen MR) is 168 cm³/mol. The van der Waals surface area contributed by atoms with Crippen molar-refractivity contribution in [1.29, 1.82) is 0 Å². The summed E-state index contributed by atoms with van der Waals surface area (Å²) < 4.78 is 28.6. The maximum Gasteiger partial charge on any atom is 0.261 e. The van der Waals surface area contributed by atoms with E-state index < -0.39 is 41.7 Å². The molecular formula is C32H42FN5O6S. The minimum Gasteiger partial charge on any atom is -0.496 e. The van der Waals surface area contributed by atoms with Crippen LogP contribution in [0, 0.1) is 12.7 Å². The number of benzene rings is 1. The molecule has 11 nitrogen and oxygen atoms in total. The summed E-state index contributed by atoms with van der Waals surface area (Å²) in [6.45, 7) is 8.66. The van der Waals surface area contributed by atoms with Crippen LogP contribution in [-0.4, -0.2) is 80.5 Å². The number of nitrogens with one attached hydrogen (secondary N) is 1. The van der Waals surface area contributed by atoms with Crippen molar-refractivity contribution in [3.05, 3.63) is 59.2 Å². The normalized spacial score (nSPS) is 21.2. The van der Waals surface area contributed by atoms with Crippen molar-refractivity contribution in [2.45, 2.75) is 96.5 Å². The number of hydrogen-bond donors (Lipinski definition) is 3. The van der Waals surface area contributed by atoms with Crippen LogP contribution >= 0.6 is 11.3 Å². The van der Waals surface area contributed by atoms with Crippen LogP contribution in [0.1, 0.15) is 81.0 Å². The van der Waals surface area contributed by atoms with E-state index in [4.69, 9.17) is 9.47 Å². The number of amides is 2. The van der Waals surface area contributed by atoms with Gasteiger partial charge in [-0.05, 0) is 84.6 Å². The molecule has 1 aliphatic carbocycles. The summed E-state index contributed by atoms with van der Waals surface area (Å²) in [5.41, 5.74) is -0.0264. The third-order valence-corrected chi connectivity index (χ3v) is 9.82. The first-order chi connectivity index (χ1) is 21.3. The molecule has 2 amide bonds. The number of nitrogens with zero attached hydrogens (tertiary/aromatic N) is 4. The molecule has 45 heavy (non-hydrogen) atoms. The van der Waals surface area contributed by atoms with E-state index in [1.54, 1.807) is 41.9 Å². The number of hydrogen-bond acceptors (Lipinski definition) is 9. The number of aliphatic hydroxyl groups is 2. The van der Waals surface area contributed by atoms with Gasteiger partial charge in [0.15, 0.2) is 0 Å². The van der Waals surface area contributed by atoms with Crippen LogP contribution in [0.4, 0.5) is 9.39 Å². The van der Waals surface area contributed by atoms with Gasteiger partial charge in [-0.15, -0.1) is 0 Å². The highest BCUT2D eigenvalue weighted by Gasteiger charge is 2.50. The zero-order valence-corrected chi connectivity index (χ0v) is 27.3. The molecule has 2 aromatic heterocycles. The molecule has 1 aromatic carbocycles. The topological polar surface area (TPSA) is 129 Å². The number of aliphatic hydroxyl groups excluding tert-OH is 2. The zero-order valence-electron chi connectivity index (χ0n) is 26.5. The Labute approximate surface area is 266 Å². The number of ether oxygens (including phenoxy) is 2. The largest absolute Gasteiger partial charge is 0.496 e. The maximum absolute atomic E-state index is 14.7. The number of carbonyl (C=O) groups is 2. The number of rotatable bonds is 10. The number of aromatic nitrogens is 2. The number of anilines is 1. The first-order valence-corrected chi connectivity index (χ1v) is 16.0. The van der Waals surface area contributed by atoms with Crippen LogP contribution in [0.3, 0.4) is 0 Å². The molecule has 0 saturated heterocycles. The van der Waals surface area contributed by atoms with Crippen LogP contribution in [0.15, 0.2) is 36.7 Å². The lowest BCUT2D eigenvalue weighted by Gasteiger charge is -2.48. The summed E-state index contributed by atoms with van der Waals surface area (Å²) in [5, 5.41) is 30.6. The Balaban J connectivity index is 1.63. The van der Waals surface area contributed by atoms with E-state index in [1.807, 2.05) is 20.8 Å². The van der Waals surface area contributed by atoms with Crippen LogP contribution in [0.25, 0.3) is 5.00 Å². The Morgan fingerprint density at radius 3 is 2.53 bits per heavy atom. The van der Waals surface area contributed by atoms with Gasteiger partial charge in [-0.2, -0.15) is 5.10 Å². The van der Waals surface area contributed by atoms with Crippen molar-refractivity contribution in [2.24, 2.45) is 0 Å². The number of halogens is 1. The first kappa shape index (κ1) is 32.9. The second-order valence-electron chi connectivity index (χ2n) is 12.5. The lowest BCUT2D eigenvalue weighted by Crippen LogP contribution is -2.67. The smallest absolute Gasteiger partial charge is 0.261 e. The first-order valence-electron chi connectivity index (χ1n) is 15.2. The van der Waals surface area contributed by atoms with Gasteiger partial charge in [-0.25, -0.2) is 9.07 Å². The summed E-state index contributed by atoms with van der Waals surface area (Å²) in [6.07, 6.45) is 2.77. The van der Waals surface area contributed by atoms with E-state index in [0.717, 1.165) is 0 Å². The SMILES string of the molecule is COc1ccc(F)cc1[C@H](CN1c2sc(-n3cccn3)c(C)c2C(=O)N(C(C)(C)C(=O)NC(C)C)C1O)OC1CCC(O)CC1. The van der Waals surface area contributed by atoms with Crippen molar-refractivity contribution >= 4 is 28.2 Å². The number of methoxy groups -OCH3 is 1. The van der Waals surface area contributed by atoms with Crippen molar-refractivity contribution in [2.75, 3.05) is 18.6 Å². The van der Waals surface area contributed by atoms with Gasteiger partial charge in [-0.1, -0.05) is 11.3 Å². The monoisotopic (exact) mass is 643 g/mol. The fourth-order valence-electron chi connectivity index (χ4n) is 6.05. The molecular weight excluding hydrogens is 601 g/mol. The molecule has 1 unspecified atom stereocenters. The van der Waals surface area contributed by atoms with E-state index in [-0.39, 0.29) is 18.7 Å². The number of thiophene rings is 1. The number of carbonyl (C=O) groups excluding carboxylic acids is 2. The second-order valence-corrected chi connectivity index (χ2v) is 13.4. The standard InChI is InChI=1S/C32H42FN5O6S/c1-18(2)35-30(41)32(4,5)38-27(40)26-19(3)28(37-15-7-14-34-37)45-29(26)36(31(38)42)17-25(44-22-11-9-21(39)10-12-22)23-16-20(33)8-13-24(23)43-6/h7-8,13-16,18,21-22,25,31,39,42H,9-12,17H2,1-6H3,(H,35,41)/t21?,22?,25-,31?/m0/s1. The van der Waals surface area contributed by atoms with Crippen LogP contribution in [-0.2, 0) is 9.53 Å². The summed E-state index contributed by atoms with van der Waals surface area (Å²) in [4.78, 5) is 30.6. The maximum atomic E-state index is 14.7. The van der Waals surface area contributed by atoms with Crippen LogP contribution in [0.2, 0.25) is 0 Å². The molecule has 5 rings (SSSR count). The molecule has 1 fully saturated rings. The highest BCUT2D eigenvalue weighted by atomic mass is 32.1. The third-order valence-electron chi connectivity index (χ3n) is 8.50. The Bertz CT molecular complexity index is 1520. The van der Waals surface area contributed by atoms with Gasteiger partial charge in [0.05, 0.1) is 31.4 Å². The van der Waals surface area contributed by atoms with Gasteiger partial charge < -0.3 is 29.9 Å². The third kappa shape index (κ3) is 6.44. The van der Waals surface area contributed by atoms with E-state index in [9.17, 15) is 24.2 Å². The zero-order chi connectivity index (χ0) is 32.6. The quantitative estimate of drug-likeness (QED) is 0.299. The van der Waals surface area contributed by atoms with Crippen LogP contribution in [0.5, 0.6) is 5.75 Å². The fraction of sp³-hybridized carbons (Fsp3) is 0.531. The van der Waals surface area contributed by atoms with Crippen molar-refractivity contribution in [1.82, 2.24) is 20.0 Å². The van der Waals surface area contributed by atoms with E-state index in [1.165, 1.54) is 41.5 Å². The Hall–Kier alpha value is -3.52.